The molecule has 0 aliphatic carbocycles. The molecular formula is C19H29NO3. The Morgan fingerprint density at radius 1 is 1.43 bits per heavy atom. The van der Waals surface area contributed by atoms with Gasteiger partial charge in [-0.05, 0) is 54.2 Å². The summed E-state index contributed by atoms with van der Waals surface area (Å²) in [5.41, 5.74) is -2.29. The molecule has 1 fully saturated rings. The summed E-state index contributed by atoms with van der Waals surface area (Å²) >= 11 is 0. The first-order valence-electron chi connectivity index (χ1n) is 16.0. The van der Waals surface area contributed by atoms with Gasteiger partial charge in [-0.15, -0.1) is 0 Å². The Morgan fingerprint density at radius 2 is 2.17 bits per heavy atom. The second-order valence-electron chi connectivity index (χ2n) is 5.59. The molecule has 0 spiro atoms. The van der Waals surface area contributed by atoms with Crippen molar-refractivity contribution in [3.05, 3.63) is 23.2 Å². The van der Waals surface area contributed by atoms with Gasteiger partial charge in [-0.3, -0.25) is 4.90 Å². The van der Waals surface area contributed by atoms with Crippen LogP contribution in [0.5, 0.6) is 11.5 Å². The quantitative estimate of drug-likeness (QED) is 0.917. The fourth-order valence-corrected chi connectivity index (χ4v) is 2.43. The molecule has 4 heteroatoms. The van der Waals surface area contributed by atoms with Gasteiger partial charge in [0.25, 0.3) is 0 Å². The number of hydrogen-bond acceptors (Lipinski definition) is 4. The van der Waals surface area contributed by atoms with E-state index in [1.165, 1.54) is 13.8 Å². The maximum atomic E-state index is 11.3. The van der Waals surface area contributed by atoms with Gasteiger partial charge in [-0.25, -0.2) is 0 Å². The Hall–Kier alpha value is -1.26. The number of piperidine rings is 1. The molecule has 3 unspecified atom stereocenters. The van der Waals surface area contributed by atoms with Gasteiger partial charge in [0, 0.05) is 31.4 Å². The Labute approximate surface area is 164 Å². The first-order chi connectivity index (χ1) is 17.9. The lowest BCUT2D eigenvalue weighted by atomic mass is 9.79. The van der Waals surface area contributed by atoms with Gasteiger partial charge in [0.1, 0.15) is 0 Å². The molecule has 3 rings (SSSR count). The van der Waals surface area contributed by atoms with Crippen molar-refractivity contribution in [2.45, 2.75) is 45.1 Å². The number of ether oxygens (including phenoxy) is 2. The second kappa shape index (κ2) is 6.70. The molecule has 2 heterocycles. The Balaban J connectivity index is 2.61. The predicted molar refractivity (Wildman–Crippen MR) is 91.1 cm³/mol. The van der Waals surface area contributed by atoms with Gasteiger partial charge in [0.15, 0.2) is 11.5 Å². The SMILES string of the molecule is [2H]c1c(OC([2H])([2H])[2H])c(OC([2H])([2H])[2H])c([2H])c2c1C1N(C([2H])([2H])C2([2H])[2H])C([2H])([2H])C([2H])(CC(C)C)C([2H])(O)C1([2H])[2H]. The van der Waals surface area contributed by atoms with Crippen molar-refractivity contribution in [2.75, 3.05) is 27.1 Å². The summed E-state index contributed by atoms with van der Waals surface area (Å²) in [6, 6.07) is -5.27. The Kier molecular flexibility index (Phi) is 1.56. The minimum atomic E-state index is -3.71. The van der Waals surface area contributed by atoms with Crippen molar-refractivity contribution in [2.24, 2.45) is 11.8 Å². The summed E-state index contributed by atoms with van der Waals surface area (Å²) in [4.78, 5) is -0.0401. The fourth-order valence-electron chi connectivity index (χ4n) is 2.43. The lowest BCUT2D eigenvalue weighted by molar-refractivity contribution is -0.0191. The summed E-state index contributed by atoms with van der Waals surface area (Å²) in [7, 11) is -6.86. The van der Waals surface area contributed by atoms with Crippen LogP contribution in [0.1, 0.15) is 68.5 Å². The third-order valence-electron chi connectivity index (χ3n) is 3.43. The van der Waals surface area contributed by atoms with E-state index in [2.05, 4.69) is 0 Å². The van der Waals surface area contributed by atoms with Crippen LogP contribution in [0, 0.1) is 11.8 Å². The van der Waals surface area contributed by atoms with Crippen LogP contribution in [0.2, 0.25) is 0 Å². The standard InChI is InChI=1S/C19H29NO3/c1-12(2)7-14-11-20-6-5-13-8-18(22-3)19(23-4)9-15(13)16(20)10-17(14)21/h8-9,12,14,16-17,21H,5-7,10-11H2,1-4H3/i3D3,4D3,5D2,6D2,8D,9D,10D2,11D2,14D,17D. The van der Waals surface area contributed by atoms with E-state index in [4.69, 9.17) is 34.1 Å². The Bertz CT molecular complexity index is 1220. The van der Waals surface area contributed by atoms with Gasteiger partial charge >= 0.3 is 0 Å². The summed E-state index contributed by atoms with van der Waals surface area (Å²) in [6.07, 6.45) is -11.6. The summed E-state index contributed by atoms with van der Waals surface area (Å²) in [5, 5.41) is 11.3. The third kappa shape index (κ3) is 3.20. The van der Waals surface area contributed by atoms with Crippen molar-refractivity contribution < 1.29 is 39.3 Å². The highest BCUT2D eigenvalue weighted by molar-refractivity contribution is 5.49. The third-order valence-corrected chi connectivity index (χ3v) is 3.43. The van der Waals surface area contributed by atoms with E-state index in [0.717, 1.165) is 0 Å². The number of benzene rings is 1. The zero-order chi connectivity index (χ0) is 32.3. The molecule has 0 amide bonds. The average molecular weight is 338 g/mol. The second-order valence-corrected chi connectivity index (χ2v) is 5.59. The van der Waals surface area contributed by atoms with Crippen molar-refractivity contribution in [1.29, 1.82) is 0 Å². The van der Waals surface area contributed by atoms with E-state index >= 15 is 0 Å². The van der Waals surface area contributed by atoms with Gasteiger partial charge < -0.3 is 14.6 Å². The first-order valence-corrected chi connectivity index (χ1v) is 6.99. The van der Waals surface area contributed by atoms with Gasteiger partial charge in [0.2, 0.25) is 0 Å². The van der Waals surface area contributed by atoms with Crippen LogP contribution in [0.4, 0.5) is 0 Å². The smallest absolute Gasteiger partial charge is 0.161 e. The summed E-state index contributed by atoms with van der Waals surface area (Å²) in [6.45, 7) is -4.26. The molecule has 2 aliphatic rings. The van der Waals surface area contributed by atoms with Crippen molar-refractivity contribution in [3.63, 3.8) is 0 Å². The van der Waals surface area contributed by atoms with Gasteiger partial charge in [-0.1, -0.05) is 13.8 Å². The number of nitrogens with zero attached hydrogens (tertiary/aromatic N) is 1. The van der Waals surface area contributed by atoms with Crippen LogP contribution in [0.25, 0.3) is 0 Å². The van der Waals surface area contributed by atoms with Crippen LogP contribution in [0.15, 0.2) is 12.1 Å². The van der Waals surface area contributed by atoms with E-state index < -0.39 is 105 Å². The largest absolute Gasteiger partial charge is 0.493 e. The molecule has 0 saturated carbocycles. The van der Waals surface area contributed by atoms with Crippen LogP contribution < -0.4 is 9.47 Å². The molecule has 1 aromatic rings. The zero-order valence-electron chi connectivity index (χ0n) is 30.6. The maximum absolute atomic E-state index is 11.3. The topological polar surface area (TPSA) is 41.9 Å². The number of rotatable bonds is 4. The monoisotopic (exact) mass is 337 g/mol. The number of hydrogen-bond donors (Lipinski definition) is 1. The van der Waals surface area contributed by atoms with E-state index in [-0.39, 0.29) is 4.90 Å². The molecule has 4 nitrogen and oxygen atoms in total. The molecule has 2 aliphatic heterocycles. The van der Waals surface area contributed by atoms with Crippen molar-refractivity contribution >= 4 is 0 Å². The molecule has 3 atom stereocenters. The molecule has 23 heavy (non-hydrogen) atoms. The van der Waals surface area contributed by atoms with Crippen LogP contribution in [0.3, 0.4) is 0 Å². The normalized spacial score (nSPS) is 55.2. The zero-order valence-corrected chi connectivity index (χ0v) is 12.6. The predicted octanol–water partition coefficient (Wildman–Crippen LogP) is 3.03. The first kappa shape index (κ1) is 5.37. The minimum absolute atomic E-state index is 0.0401. The Morgan fingerprint density at radius 3 is 2.87 bits per heavy atom. The van der Waals surface area contributed by atoms with Crippen molar-refractivity contribution in [3.8, 4) is 11.5 Å². The highest BCUT2D eigenvalue weighted by atomic mass is 16.5. The molecule has 128 valence electrons. The van der Waals surface area contributed by atoms with Crippen LogP contribution in [-0.4, -0.2) is 43.2 Å². The van der Waals surface area contributed by atoms with E-state index in [0.29, 0.717) is 0 Å². The van der Waals surface area contributed by atoms with Crippen LogP contribution in [-0.2, 0) is 6.37 Å². The summed E-state index contributed by atoms with van der Waals surface area (Å²) < 4.78 is 159. The molecule has 0 bridgehead atoms. The average Bonchev–Trinajstić information content (AvgIpc) is 2.72. The van der Waals surface area contributed by atoms with Crippen LogP contribution >= 0.6 is 0 Å². The maximum Gasteiger partial charge on any atom is 0.161 e. The highest BCUT2D eigenvalue weighted by Crippen LogP contribution is 2.43. The van der Waals surface area contributed by atoms with Crippen molar-refractivity contribution in [1.82, 2.24) is 4.90 Å². The highest BCUT2D eigenvalue weighted by Gasteiger charge is 2.38. The number of fused-ring (bicyclic) bond motifs is 3. The molecule has 0 radical (unpaired) electrons. The number of methoxy groups -OCH3 is 2. The molecule has 1 saturated heterocycles. The number of aliphatic hydroxyl groups is 1. The molecule has 0 aromatic heterocycles. The summed E-state index contributed by atoms with van der Waals surface area (Å²) in [5.74, 6) is -6.41. The van der Waals surface area contributed by atoms with Gasteiger partial charge in [-0.2, -0.15) is 0 Å². The fraction of sp³-hybridized carbons (Fsp3) is 0.684. The molecule has 1 aromatic carbocycles. The molecular weight excluding hydrogens is 290 g/mol. The van der Waals surface area contributed by atoms with E-state index in [9.17, 15) is 5.11 Å². The van der Waals surface area contributed by atoms with E-state index in [1.54, 1.807) is 0 Å². The van der Waals surface area contributed by atoms with E-state index in [1.807, 2.05) is 0 Å². The minimum Gasteiger partial charge on any atom is -0.493 e. The lowest BCUT2D eigenvalue weighted by Gasteiger charge is -2.46. The lowest BCUT2D eigenvalue weighted by Crippen LogP contribution is -2.48. The molecule has 1 N–H and O–H groups in total. The van der Waals surface area contributed by atoms with Gasteiger partial charge in [0.05, 0.1) is 32.5 Å².